The summed E-state index contributed by atoms with van der Waals surface area (Å²) < 4.78 is 44.2. The number of nitrogens with zero attached hydrogens (tertiary/aromatic N) is 3. The number of methoxy groups -OCH3 is 1. The van der Waals surface area contributed by atoms with Gasteiger partial charge in [0.2, 0.25) is 0 Å². The fraction of sp³-hybridized carbons (Fsp3) is 0.692. The van der Waals surface area contributed by atoms with Gasteiger partial charge in [0.25, 0.3) is 0 Å². The van der Waals surface area contributed by atoms with Crippen LogP contribution in [-0.4, -0.2) is 54.2 Å². The molecule has 2 heterocycles. The highest BCUT2D eigenvalue weighted by molar-refractivity contribution is 5.82. The molecule has 0 spiro atoms. The summed E-state index contributed by atoms with van der Waals surface area (Å²) in [5.41, 5.74) is 6.39. The van der Waals surface area contributed by atoms with Crippen LogP contribution in [0.5, 0.6) is 0 Å². The van der Waals surface area contributed by atoms with E-state index in [1.807, 2.05) is 10.2 Å². The third kappa shape index (κ3) is 3.87. The Hall–Kier alpha value is -1.97. The van der Waals surface area contributed by atoms with Crippen molar-refractivity contribution in [3.05, 3.63) is 6.20 Å². The smallest absolute Gasteiger partial charge is 0.394 e. The van der Waals surface area contributed by atoms with E-state index in [9.17, 15) is 18.0 Å². The van der Waals surface area contributed by atoms with E-state index in [1.165, 1.54) is 13.3 Å². The van der Waals surface area contributed by atoms with Crippen molar-refractivity contribution in [1.29, 1.82) is 0 Å². The summed E-state index contributed by atoms with van der Waals surface area (Å²) in [6, 6.07) is -0.714. The van der Waals surface area contributed by atoms with E-state index in [-0.39, 0.29) is 0 Å². The second-order valence-electron chi connectivity index (χ2n) is 5.46. The van der Waals surface area contributed by atoms with Crippen LogP contribution < -0.4 is 16.0 Å². The van der Waals surface area contributed by atoms with Crippen LogP contribution in [-0.2, 0) is 16.6 Å². The fourth-order valence-electron chi connectivity index (χ4n) is 2.82. The molecule has 0 aromatic carbocycles. The minimum absolute atomic E-state index is 0.310. The molecular formula is C13H20F3N5O2. The molecule has 1 fully saturated rings. The maximum absolute atomic E-state index is 12.5. The van der Waals surface area contributed by atoms with Crippen LogP contribution in [0.2, 0.25) is 0 Å². The molecule has 0 aliphatic carbocycles. The number of halogens is 3. The number of carbonyl (C=O) groups is 1. The Morgan fingerprint density at radius 3 is 2.61 bits per heavy atom. The monoisotopic (exact) mass is 335 g/mol. The molecule has 1 saturated heterocycles. The molecule has 1 aliphatic heterocycles. The second kappa shape index (κ2) is 6.65. The number of anilines is 2. The number of nitrogens with two attached hydrogens (primary N) is 1. The van der Waals surface area contributed by atoms with E-state index in [1.54, 1.807) is 11.7 Å². The topological polar surface area (TPSA) is 85.4 Å². The van der Waals surface area contributed by atoms with Gasteiger partial charge in [-0.05, 0) is 12.8 Å². The first-order valence-corrected chi connectivity index (χ1v) is 7.17. The Balaban J connectivity index is 2.11. The second-order valence-corrected chi connectivity index (χ2v) is 5.46. The third-order valence-corrected chi connectivity index (χ3v) is 3.95. The van der Waals surface area contributed by atoms with Crippen molar-refractivity contribution >= 4 is 17.4 Å². The maximum atomic E-state index is 12.5. The number of carbonyl (C=O) groups excluding carboxylic acids is 1. The number of nitrogens with one attached hydrogen (secondary N) is 1. The Labute approximate surface area is 131 Å². The summed E-state index contributed by atoms with van der Waals surface area (Å²) in [6.45, 7) is 0.979. The van der Waals surface area contributed by atoms with Crippen LogP contribution in [0.4, 0.5) is 24.7 Å². The third-order valence-electron chi connectivity index (χ3n) is 3.95. The number of nitrogen functional groups attached to an aromatic ring is 1. The van der Waals surface area contributed by atoms with Crippen LogP contribution in [0.3, 0.4) is 0 Å². The van der Waals surface area contributed by atoms with E-state index >= 15 is 0 Å². The number of aromatic nitrogens is 2. The van der Waals surface area contributed by atoms with Gasteiger partial charge >= 0.3 is 12.1 Å². The van der Waals surface area contributed by atoms with Gasteiger partial charge in [0.15, 0.2) is 0 Å². The van der Waals surface area contributed by atoms with Gasteiger partial charge in [-0.25, -0.2) is 0 Å². The summed E-state index contributed by atoms with van der Waals surface area (Å²) >= 11 is 0. The van der Waals surface area contributed by atoms with E-state index in [0.717, 1.165) is 0 Å². The zero-order chi connectivity index (χ0) is 17.2. The average Bonchev–Trinajstić information content (AvgIpc) is 2.69. The van der Waals surface area contributed by atoms with Gasteiger partial charge in [-0.3, -0.25) is 9.48 Å². The van der Waals surface area contributed by atoms with Crippen molar-refractivity contribution in [2.45, 2.75) is 31.2 Å². The quantitative estimate of drug-likeness (QED) is 0.848. The Morgan fingerprint density at radius 2 is 2.09 bits per heavy atom. The molecule has 1 aromatic rings. The average molecular weight is 335 g/mol. The first kappa shape index (κ1) is 17.4. The predicted octanol–water partition coefficient (Wildman–Crippen LogP) is 0.665. The molecule has 23 heavy (non-hydrogen) atoms. The van der Waals surface area contributed by atoms with Crippen molar-refractivity contribution in [2.75, 3.05) is 30.8 Å². The summed E-state index contributed by atoms with van der Waals surface area (Å²) in [5, 5.41) is 6.09. The lowest BCUT2D eigenvalue weighted by molar-refractivity contribution is -0.175. The van der Waals surface area contributed by atoms with Gasteiger partial charge in [-0.2, -0.15) is 18.3 Å². The number of alkyl halides is 3. The van der Waals surface area contributed by atoms with E-state index in [2.05, 4.69) is 5.10 Å². The number of amides is 1. The van der Waals surface area contributed by atoms with Crippen molar-refractivity contribution in [2.24, 2.45) is 7.05 Å². The van der Waals surface area contributed by atoms with Crippen molar-refractivity contribution in [3.63, 3.8) is 0 Å². The van der Waals surface area contributed by atoms with Gasteiger partial charge in [0.1, 0.15) is 5.82 Å². The normalized spacial score (nSPS) is 22.7. The molecular weight excluding hydrogens is 315 g/mol. The minimum atomic E-state index is -4.91. The van der Waals surface area contributed by atoms with Gasteiger partial charge in [0, 0.05) is 27.2 Å². The standard InChI is InChI=1S/C13H20F3N5O2/c1-20-11(8(17)7-18-20)21-5-3-9(10(23-2)4-6-21)19-12(22)13(14,15)16/h7,9-10H,3-6,17H2,1-2H3,(H,19,22)/t9?,10-/m0/s1. The number of rotatable bonds is 3. The summed E-state index contributed by atoms with van der Waals surface area (Å²) in [7, 11) is 3.17. The first-order chi connectivity index (χ1) is 10.7. The molecule has 2 atom stereocenters. The van der Waals surface area contributed by atoms with Crippen molar-refractivity contribution < 1.29 is 22.7 Å². The van der Waals surface area contributed by atoms with Crippen LogP contribution in [0.15, 0.2) is 6.20 Å². The highest BCUT2D eigenvalue weighted by Crippen LogP contribution is 2.26. The van der Waals surface area contributed by atoms with Gasteiger partial charge in [-0.1, -0.05) is 0 Å². The molecule has 1 aliphatic rings. The molecule has 2 rings (SSSR count). The number of hydrogen-bond donors (Lipinski definition) is 2. The SMILES string of the molecule is CO[C@H]1CCN(c2c(N)cnn2C)CCC1NC(=O)C(F)(F)F. The Morgan fingerprint density at radius 1 is 1.43 bits per heavy atom. The lowest BCUT2D eigenvalue weighted by Gasteiger charge is -2.24. The van der Waals surface area contributed by atoms with Crippen LogP contribution in [0.1, 0.15) is 12.8 Å². The lowest BCUT2D eigenvalue weighted by Crippen LogP contribution is -2.49. The van der Waals surface area contributed by atoms with Crippen molar-refractivity contribution in [1.82, 2.24) is 15.1 Å². The minimum Gasteiger partial charge on any atom is -0.394 e. The largest absolute Gasteiger partial charge is 0.471 e. The Bertz CT molecular complexity index is 541. The number of hydrogen-bond acceptors (Lipinski definition) is 5. The van der Waals surface area contributed by atoms with E-state index < -0.39 is 24.2 Å². The summed E-state index contributed by atoms with van der Waals surface area (Å²) in [5.74, 6) is -1.24. The van der Waals surface area contributed by atoms with Gasteiger partial charge in [0.05, 0.1) is 24.0 Å². The molecule has 0 radical (unpaired) electrons. The van der Waals surface area contributed by atoms with Gasteiger partial charge in [-0.15, -0.1) is 0 Å². The lowest BCUT2D eigenvalue weighted by atomic mass is 10.1. The molecule has 0 saturated carbocycles. The molecule has 130 valence electrons. The molecule has 1 amide bonds. The van der Waals surface area contributed by atoms with E-state index in [0.29, 0.717) is 37.4 Å². The van der Waals surface area contributed by atoms with Crippen LogP contribution in [0.25, 0.3) is 0 Å². The molecule has 7 nitrogen and oxygen atoms in total. The molecule has 10 heteroatoms. The zero-order valence-electron chi connectivity index (χ0n) is 12.9. The Kier molecular flexibility index (Phi) is 5.03. The zero-order valence-corrected chi connectivity index (χ0v) is 12.9. The number of ether oxygens (including phenoxy) is 1. The van der Waals surface area contributed by atoms with Gasteiger partial charge < -0.3 is 20.7 Å². The highest BCUT2D eigenvalue weighted by atomic mass is 19.4. The van der Waals surface area contributed by atoms with E-state index in [4.69, 9.17) is 10.5 Å². The maximum Gasteiger partial charge on any atom is 0.471 e. The highest BCUT2D eigenvalue weighted by Gasteiger charge is 2.41. The summed E-state index contributed by atoms with van der Waals surface area (Å²) in [4.78, 5) is 13.1. The van der Waals surface area contributed by atoms with Crippen LogP contribution >= 0.6 is 0 Å². The first-order valence-electron chi connectivity index (χ1n) is 7.17. The molecule has 1 aromatic heterocycles. The van der Waals surface area contributed by atoms with Crippen LogP contribution in [0, 0.1) is 0 Å². The predicted molar refractivity (Wildman–Crippen MR) is 77.9 cm³/mol. The molecule has 3 N–H and O–H groups in total. The fourth-order valence-corrected chi connectivity index (χ4v) is 2.82. The van der Waals surface area contributed by atoms with Crippen molar-refractivity contribution in [3.8, 4) is 0 Å². The number of aryl methyl sites for hydroxylation is 1. The molecule has 0 bridgehead atoms. The summed E-state index contributed by atoms with van der Waals surface area (Å²) in [6.07, 6.45) is -3.11. The molecule has 1 unspecified atom stereocenters.